The molecule has 82 valence electrons. The van der Waals surface area contributed by atoms with Crippen molar-refractivity contribution in [3.8, 4) is 0 Å². The first-order valence-electron chi connectivity index (χ1n) is 5.30. The number of nitrogens with one attached hydrogen (secondary N) is 1. The van der Waals surface area contributed by atoms with Crippen molar-refractivity contribution in [2.45, 2.75) is 18.4 Å². The first-order valence-corrected chi connectivity index (χ1v) is 5.30. The molecule has 0 bridgehead atoms. The number of hydrogen-bond acceptors (Lipinski definition) is 2. The van der Waals surface area contributed by atoms with Gasteiger partial charge in [0, 0.05) is 19.6 Å². The maximum atomic E-state index is 12.8. The molecule has 0 aliphatic carbocycles. The Morgan fingerprint density at radius 2 is 2.07 bits per heavy atom. The first-order chi connectivity index (χ1) is 7.31. The van der Waals surface area contributed by atoms with Crippen molar-refractivity contribution in [2.75, 3.05) is 20.2 Å². The minimum atomic E-state index is -0.179. The molecule has 0 aromatic heterocycles. The van der Waals surface area contributed by atoms with E-state index in [1.807, 2.05) is 12.1 Å². The van der Waals surface area contributed by atoms with Gasteiger partial charge < -0.3 is 10.1 Å². The van der Waals surface area contributed by atoms with Crippen molar-refractivity contribution in [3.63, 3.8) is 0 Å². The van der Waals surface area contributed by atoms with Gasteiger partial charge in [0.05, 0.1) is 6.10 Å². The molecule has 0 saturated carbocycles. The van der Waals surface area contributed by atoms with Crippen molar-refractivity contribution >= 4 is 0 Å². The highest BCUT2D eigenvalue weighted by molar-refractivity contribution is 5.22. The largest absolute Gasteiger partial charge is 0.379 e. The van der Waals surface area contributed by atoms with Gasteiger partial charge in [0.15, 0.2) is 0 Å². The van der Waals surface area contributed by atoms with Crippen LogP contribution in [0.3, 0.4) is 0 Å². The van der Waals surface area contributed by atoms with Crippen LogP contribution in [0, 0.1) is 5.82 Å². The van der Waals surface area contributed by atoms with E-state index in [9.17, 15) is 4.39 Å². The molecule has 1 fully saturated rings. The minimum absolute atomic E-state index is 0.179. The number of rotatable bonds is 2. The Hall–Kier alpha value is -0.930. The van der Waals surface area contributed by atoms with Crippen LogP contribution in [0.5, 0.6) is 0 Å². The van der Waals surface area contributed by atoms with E-state index in [1.54, 1.807) is 7.11 Å². The van der Waals surface area contributed by atoms with Crippen LogP contribution in [-0.2, 0) is 4.74 Å². The van der Waals surface area contributed by atoms with Crippen LogP contribution in [-0.4, -0.2) is 26.3 Å². The Morgan fingerprint density at radius 3 is 2.73 bits per heavy atom. The maximum absolute atomic E-state index is 12.8. The summed E-state index contributed by atoms with van der Waals surface area (Å²) in [5, 5.41) is 3.30. The molecule has 2 nitrogen and oxygen atoms in total. The van der Waals surface area contributed by atoms with Crippen LogP contribution in [0.2, 0.25) is 0 Å². The van der Waals surface area contributed by atoms with Crippen LogP contribution in [0.4, 0.5) is 4.39 Å². The van der Waals surface area contributed by atoms with Gasteiger partial charge in [0.1, 0.15) is 5.82 Å². The molecule has 1 aromatic rings. The maximum Gasteiger partial charge on any atom is 0.123 e. The second kappa shape index (κ2) is 4.73. The quantitative estimate of drug-likeness (QED) is 0.803. The third-order valence-electron chi connectivity index (χ3n) is 3.03. The lowest BCUT2D eigenvalue weighted by Crippen LogP contribution is -2.40. The number of benzene rings is 1. The van der Waals surface area contributed by atoms with Gasteiger partial charge in [0.2, 0.25) is 0 Å². The molecule has 0 amide bonds. The predicted octanol–water partition coefficient (Wildman–Crippen LogP) is 1.92. The summed E-state index contributed by atoms with van der Waals surface area (Å²) in [6.45, 7) is 1.88. The third-order valence-corrected chi connectivity index (χ3v) is 3.03. The van der Waals surface area contributed by atoms with Crippen LogP contribution in [0.15, 0.2) is 24.3 Å². The molecule has 15 heavy (non-hydrogen) atoms. The van der Waals surface area contributed by atoms with Crippen LogP contribution >= 0.6 is 0 Å². The molecular formula is C12H16FNO. The number of methoxy groups -OCH3 is 1. The van der Waals surface area contributed by atoms with Gasteiger partial charge in [-0.2, -0.15) is 0 Å². The van der Waals surface area contributed by atoms with Gasteiger partial charge in [-0.25, -0.2) is 4.39 Å². The highest BCUT2D eigenvalue weighted by Gasteiger charge is 2.25. The summed E-state index contributed by atoms with van der Waals surface area (Å²) in [6.07, 6.45) is 1.24. The molecule has 2 rings (SSSR count). The van der Waals surface area contributed by atoms with E-state index in [0.717, 1.165) is 19.5 Å². The van der Waals surface area contributed by atoms with E-state index in [1.165, 1.54) is 17.7 Å². The van der Waals surface area contributed by atoms with Crippen LogP contribution in [0.1, 0.15) is 17.9 Å². The monoisotopic (exact) mass is 209 g/mol. The standard InChI is InChI=1S/C12H16FNO/c1-15-12-8-14-7-6-11(12)9-2-4-10(13)5-3-9/h2-5,11-12,14H,6-8H2,1H3/t11-,12-/m0/s1. The molecule has 0 radical (unpaired) electrons. The van der Waals surface area contributed by atoms with Gasteiger partial charge in [-0.1, -0.05) is 12.1 Å². The van der Waals surface area contributed by atoms with Crippen LogP contribution in [0.25, 0.3) is 0 Å². The first kappa shape index (κ1) is 10.6. The summed E-state index contributed by atoms with van der Waals surface area (Å²) in [4.78, 5) is 0. The van der Waals surface area contributed by atoms with Crippen molar-refractivity contribution in [1.82, 2.24) is 5.32 Å². The summed E-state index contributed by atoms with van der Waals surface area (Å²) < 4.78 is 18.2. The average Bonchev–Trinajstić information content (AvgIpc) is 2.30. The predicted molar refractivity (Wildman–Crippen MR) is 57.4 cm³/mol. The SMILES string of the molecule is CO[C@H]1CNCC[C@H]1c1ccc(F)cc1. The van der Waals surface area contributed by atoms with E-state index in [4.69, 9.17) is 4.74 Å². The molecule has 2 atom stereocenters. The molecule has 0 spiro atoms. The molecule has 0 unspecified atom stereocenters. The number of halogens is 1. The zero-order chi connectivity index (χ0) is 10.7. The molecular weight excluding hydrogens is 193 g/mol. The third kappa shape index (κ3) is 2.36. The summed E-state index contributed by atoms with van der Waals surface area (Å²) in [5.41, 5.74) is 1.17. The molecule has 1 heterocycles. The minimum Gasteiger partial charge on any atom is -0.379 e. The summed E-state index contributed by atoms with van der Waals surface area (Å²) in [6, 6.07) is 6.75. The van der Waals surface area contributed by atoms with E-state index >= 15 is 0 Å². The lowest BCUT2D eigenvalue weighted by molar-refractivity contribution is 0.0625. The van der Waals surface area contributed by atoms with Crippen molar-refractivity contribution < 1.29 is 9.13 Å². The van der Waals surface area contributed by atoms with Gasteiger partial charge in [-0.05, 0) is 30.7 Å². The smallest absolute Gasteiger partial charge is 0.123 e. The van der Waals surface area contributed by atoms with Crippen molar-refractivity contribution in [1.29, 1.82) is 0 Å². The Labute approximate surface area is 89.4 Å². The fourth-order valence-electron chi connectivity index (χ4n) is 2.17. The topological polar surface area (TPSA) is 21.3 Å². The molecule has 3 heteroatoms. The second-order valence-corrected chi connectivity index (χ2v) is 3.92. The normalized spacial score (nSPS) is 26.5. The molecule has 1 aliphatic rings. The Morgan fingerprint density at radius 1 is 1.33 bits per heavy atom. The van der Waals surface area contributed by atoms with Crippen LogP contribution < -0.4 is 5.32 Å². The Kier molecular flexibility index (Phi) is 3.34. The van der Waals surface area contributed by atoms with E-state index < -0.39 is 0 Å². The molecule has 1 saturated heterocycles. The fraction of sp³-hybridized carbons (Fsp3) is 0.500. The number of piperidine rings is 1. The average molecular weight is 209 g/mol. The van der Waals surface area contributed by atoms with Gasteiger partial charge in [0.25, 0.3) is 0 Å². The summed E-state index contributed by atoms with van der Waals surface area (Å²) in [7, 11) is 1.73. The molecule has 1 aliphatic heterocycles. The Bertz CT molecular complexity index is 312. The zero-order valence-corrected chi connectivity index (χ0v) is 8.87. The van der Waals surface area contributed by atoms with E-state index in [2.05, 4.69) is 5.32 Å². The van der Waals surface area contributed by atoms with Gasteiger partial charge >= 0.3 is 0 Å². The van der Waals surface area contributed by atoms with E-state index in [-0.39, 0.29) is 11.9 Å². The van der Waals surface area contributed by atoms with E-state index in [0.29, 0.717) is 5.92 Å². The Balaban J connectivity index is 2.16. The van der Waals surface area contributed by atoms with Crippen molar-refractivity contribution in [3.05, 3.63) is 35.6 Å². The highest BCUT2D eigenvalue weighted by atomic mass is 19.1. The fourth-order valence-corrected chi connectivity index (χ4v) is 2.17. The molecule has 1 aromatic carbocycles. The number of ether oxygens (including phenoxy) is 1. The lowest BCUT2D eigenvalue weighted by atomic mass is 9.88. The summed E-state index contributed by atoms with van der Waals surface area (Å²) in [5.74, 6) is 0.207. The van der Waals surface area contributed by atoms with Gasteiger partial charge in [-0.15, -0.1) is 0 Å². The summed E-state index contributed by atoms with van der Waals surface area (Å²) >= 11 is 0. The molecule has 1 N–H and O–H groups in total. The number of hydrogen-bond donors (Lipinski definition) is 1. The van der Waals surface area contributed by atoms with Gasteiger partial charge in [-0.3, -0.25) is 0 Å². The zero-order valence-electron chi connectivity index (χ0n) is 8.87. The second-order valence-electron chi connectivity index (χ2n) is 3.92. The lowest BCUT2D eigenvalue weighted by Gasteiger charge is -2.31. The highest BCUT2D eigenvalue weighted by Crippen LogP contribution is 2.27. The van der Waals surface area contributed by atoms with Crippen molar-refractivity contribution in [2.24, 2.45) is 0 Å².